The molecule has 1 fully saturated rings. The topological polar surface area (TPSA) is 24.9 Å². The molecule has 1 saturated carbocycles. The van der Waals surface area contributed by atoms with Gasteiger partial charge in [0.2, 0.25) is 0 Å². The molecule has 2 nitrogen and oxygen atoms in total. The Balaban J connectivity index is 2.06. The lowest BCUT2D eigenvalue weighted by Crippen LogP contribution is -2.43. The van der Waals surface area contributed by atoms with Crippen molar-refractivity contribution in [2.75, 3.05) is 11.2 Å². The molecular weight excluding hydrogens is 255 g/mol. The molecular formula is C13H18Cl2N2. The van der Waals surface area contributed by atoms with Crippen LogP contribution in [-0.2, 0) is 0 Å². The van der Waals surface area contributed by atoms with Crippen LogP contribution in [0.5, 0.6) is 0 Å². The number of hydrogen-bond acceptors (Lipinski definition) is 2. The number of nitrogens with one attached hydrogen (secondary N) is 1. The van der Waals surface area contributed by atoms with Crippen molar-refractivity contribution < 1.29 is 0 Å². The first-order chi connectivity index (χ1) is 8.13. The Kier molecular flexibility index (Phi) is 4.16. The molecule has 1 aromatic heterocycles. The zero-order valence-electron chi connectivity index (χ0n) is 10.0. The molecule has 1 aliphatic carbocycles. The molecule has 17 heavy (non-hydrogen) atoms. The van der Waals surface area contributed by atoms with Crippen LogP contribution in [0.3, 0.4) is 0 Å². The Morgan fingerprint density at radius 3 is 2.65 bits per heavy atom. The molecule has 0 unspecified atom stereocenters. The molecule has 0 aromatic carbocycles. The quantitative estimate of drug-likeness (QED) is 0.829. The molecule has 2 rings (SSSR count). The Morgan fingerprint density at radius 1 is 1.41 bits per heavy atom. The fraction of sp³-hybridized carbons (Fsp3) is 0.615. The van der Waals surface area contributed by atoms with Crippen LogP contribution in [0.15, 0.2) is 18.3 Å². The van der Waals surface area contributed by atoms with E-state index in [2.05, 4.69) is 17.2 Å². The lowest BCUT2D eigenvalue weighted by molar-refractivity contribution is 0.286. The van der Waals surface area contributed by atoms with Gasteiger partial charge in [0.1, 0.15) is 5.82 Å². The fourth-order valence-corrected chi connectivity index (χ4v) is 2.77. The standard InChI is InChI=1S/C13H18Cl2N2/c1-10-4-6-13(9-14,7-5-10)17-12-3-2-11(15)8-16-12/h2-3,8,10H,4-7,9H2,1H3,(H,16,17). The monoisotopic (exact) mass is 272 g/mol. The van der Waals surface area contributed by atoms with Crippen molar-refractivity contribution in [3.63, 3.8) is 0 Å². The fourth-order valence-electron chi connectivity index (χ4n) is 2.33. The maximum atomic E-state index is 6.15. The minimum absolute atomic E-state index is 0.00882. The summed E-state index contributed by atoms with van der Waals surface area (Å²) in [5.74, 6) is 2.31. The molecule has 0 aliphatic heterocycles. The number of halogens is 2. The molecule has 0 saturated heterocycles. The normalized spacial score (nSPS) is 29.0. The van der Waals surface area contributed by atoms with Crippen LogP contribution < -0.4 is 5.32 Å². The Bertz CT molecular complexity index is 356. The predicted molar refractivity (Wildman–Crippen MR) is 74.0 cm³/mol. The van der Waals surface area contributed by atoms with E-state index in [1.54, 1.807) is 6.20 Å². The molecule has 1 aromatic rings. The van der Waals surface area contributed by atoms with Gasteiger partial charge < -0.3 is 5.32 Å². The molecule has 0 amide bonds. The third-order valence-corrected chi connectivity index (χ3v) is 4.34. The zero-order chi connectivity index (χ0) is 12.3. The lowest BCUT2D eigenvalue weighted by Gasteiger charge is -2.39. The smallest absolute Gasteiger partial charge is 0.126 e. The van der Waals surface area contributed by atoms with Gasteiger partial charge in [-0.1, -0.05) is 18.5 Å². The largest absolute Gasteiger partial charge is 0.363 e. The summed E-state index contributed by atoms with van der Waals surface area (Å²) in [7, 11) is 0. The van der Waals surface area contributed by atoms with Gasteiger partial charge in [-0.3, -0.25) is 0 Å². The van der Waals surface area contributed by atoms with Crippen molar-refractivity contribution in [2.24, 2.45) is 5.92 Å². The van der Waals surface area contributed by atoms with Crippen LogP contribution in [0.4, 0.5) is 5.82 Å². The number of rotatable bonds is 3. The third kappa shape index (κ3) is 3.26. The number of aromatic nitrogens is 1. The second kappa shape index (κ2) is 5.45. The molecule has 0 bridgehead atoms. The molecule has 94 valence electrons. The predicted octanol–water partition coefficient (Wildman–Crippen LogP) is 4.33. The third-order valence-electron chi connectivity index (χ3n) is 3.61. The van der Waals surface area contributed by atoms with Gasteiger partial charge in [-0.25, -0.2) is 4.98 Å². The summed E-state index contributed by atoms with van der Waals surface area (Å²) in [6.07, 6.45) is 6.35. The Hall–Kier alpha value is -0.470. The second-order valence-corrected chi connectivity index (χ2v) is 5.79. The highest BCUT2D eigenvalue weighted by Gasteiger charge is 2.33. The number of hydrogen-bond donors (Lipinski definition) is 1. The van der Waals surface area contributed by atoms with Crippen molar-refractivity contribution in [2.45, 2.75) is 38.1 Å². The van der Waals surface area contributed by atoms with E-state index in [9.17, 15) is 0 Å². The van der Waals surface area contributed by atoms with Gasteiger partial charge in [0.25, 0.3) is 0 Å². The molecule has 1 aliphatic rings. The van der Waals surface area contributed by atoms with Gasteiger partial charge in [-0.2, -0.15) is 0 Å². The first-order valence-corrected chi connectivity index (χ1v) is 7.00. The van der Waals surface area contributed by atoms with E-state index in [-0.39, 0.29) is 5.54 Å². The zero-order valence-corrected chi connectivity index (χ0v) is 11.6. The first-order valence-electron chi connectivity index (χ1n) is 6.09. The Morgan fingerprint density at radius 2 is 2.12 bits per heavy atom. The lowest BCUT2D eigenvalue weighted by atomic mass is 9.78. The van der Waals surface area contributed by atoms with E-state index in [1.807, 2.05) is 12.1 Å². The van der Waals surface area contributed by atoms with E-state index < -0.39 is 0 Å². The number of pyridine rings is 1. The molecule has 1 N–H and O–H groups in total. The summed E-state index contributed by atoms with van der Waals surface area (Å²) in [6.45, 7) is 2.30. The average Bonchev–Trinajstić information content (AvgIpc) is 2.35. The second-order valence-electron chi connectivity index (χ2n) is 5.08. The SMILES string of the molecule is CC1CCC(CCl)(Nc2ccc(Cl)cn2)CC1. The van der Waals surface area contributed by atoms with Crippen LogP contribution in [0.1, 0.15) is 32.6 Å². The van der Waals surface area contributed by atoms with Crippen LogP contribution in [0, 0.1) is 5.92 Å². The van der Waals surface area contributed by atoms with Gasteiger partial charge in [0.05, 0.1) is 10.6 Å². The van der Waals surface area contributed by atoms with Crippen LogP contribution >= 0.6 is 23.2 Å². The van der Waals surface area contributed by atoms with Crippen molar-refractivity contribution in [1.82, 2.24) is 4.98 Å². The van der Waals surface area contributed by atoms with E-state index in [0.29, 0.717) is 10.9 Å². The summed E-state index contributed by atoms with van der Waals surface area (Å²) >= 11 is 12.0. The van der Waals surface area contributed by atoms with Crippen molar-refractivity contribution in [1.29, 1.82) is 0 Å². The van der Waals surface area contributed by atoms with Crippen LogP contribution in [-0.4, -0.2) is 16.4 Å². The van der Waals surface area contributed by atoms with Crippen LogP contribution in [0.25, 0.3) is 0 Å². The van der Waals surface area contributed by atoms with Gasteiger partial charge in [0.15, 0.2) is 0 Å². The van der Waals surface area contributed by atoms with Crippen molar-refractivity contribution >= 4 is 29.0 Å². The summed E-state index contributed by atoms with van der Waals surface area (Å²) in [5.41, 5.74) is 0.00882. The minimum Gasteiger partial charge on any atom is -0.363 e. The molecule has 1 heterocycles. The Labute approximate surface area is 113 Å². The van der Waals surface area contributed by atoms with Crippen LogP contribution in [0.2, 0.25) is 5.02 Å². The van der Waals surface area contributed by atoms with E-state index in [1.165, 1.54) is 12.8 Å². The average molecular weight is 273 g/mol. The van der Waals surface area contributed by atoms with Gasteiger partial charge in [-0.05, 0) is 43.7 Å². The summed E-state index contributed by atoms with van der Waals surface area (Å²) in [6, 6.07) is 3.76. The van der Waals surface area contributed by atoms with Gasteiger partial charge in [0, 0.05) is 12.1 Å². The van der Waals surface area contributed by atoms with Gasteiger partial charge in [-0.15, -0.1) is 11.6 Å². The minimum atomic E-state index is 0.00882. The summed E-state index contributed by atoms with van der Waals surface area (Å²) in [4.78, 5) is 4.28. The number of anilines is 1. The molecule has 0 spiro atoms. The molecule has 0 atom stereocenters. The summed E-state index contributed by atoms with van der Waals surface area (Å²) in [5, 5.41) is 4.15. The van der Waals surface area contributed by atoms with Crippen molar-refractivity contribution in [3.8, 4) is 0 Å². The van der Waals surface area contributed by atoms with E-state index >= 15 is 0 Å². The highest BCUT2D eigenvalue weighted by Crippen LogP contribution is 2.35. The van der Waals surface area contributed by atoms with Gasteiger partial charge >= 0.3 is 0 Å². The molecule has 0 radical (unpaired) electrons. The number of nitrogens with zero attached hydrogens (tertiary/aromatic N) is 1. The highest BCUT2D eigenvalue weighted by atomic mass is 35.5. The maximum Gasteiger partial charge on any atom is 0.126 e. The first kappa shape index (κ1) is 13.0. The number of alkyl halides is 1. The highest BCUT2D eigenvalue weighted by molar-refractivity contribution is 6.30. The summed E-state index contributed by atoms with van der Waals surface area (Å²) < 4.78 is 0. The van der Waals surface area contributed by atoms with E-state index in [0.717, 1.165) is 24.6 Å². The van der Waals surface area contributed by atoms with Crippen molar-refractivity contribution in [3.05, 3.63) is 23.4 Å². The molecule has 4 heteroatoms. The van der Waals surface area contributed by atoms with E-state index in [4.69, 9.17) is 23.2 Å². The maximum absolute atomic E-state index is 6.15.